The first-order chi connectivity index (χ1) is 8.22. The van der Waals surface area contributed by atoms with Crippen molar-refractivity contribution in [3.8, 4) is 0 Å². The normalized spacial score (nSPS) is 19.5. The minimum Gasteiger partial charge on any atom is -0.341 e. The van der Waals surface area contributed by atoms with Gasteiger partial charge in [-0.15, -0.1) is 0 Å². The molecule has 2 amide bonds. The quantitative estimate of drug-likeness (QED) is 0.823. The number of carbonyl (C=O) groups is 2. The van der Waals surface area contributed by atoms with Crippen LogP contribution in [0.1, 0.15) is 23.7 Å². The van der Waals surface area contributed by atoms with E-state index in [0.717, 1.165) is 0 Å². The van der Waals surface area contributed by atoms with Gasteiger partial charge < -0.3 is 10.2 Å². The molecule has 1 fully saturated rings. The molecule has 0 unspecified atom stereocenters. The molecule has 17 heavy (non-hydrogen) atoms. The average molecular weight is 233 g/mol. The van der Waals surface area contributed by atoms with Gasteiger partial charge in [0.05, 0.1) is 5.56 Å². The highest BCUT2D eigenvalue weighted by Crippen LogP contribution is 2.11. The Kier molecular flexibility index (Phi) is 3.37. The molecule has 5 heteroatoms. The van der Waals surface area contributed by atoms with Gasteiger partial charge in [0.15, 0.2) is 0 Å². The number of nitrogens with one attached hydrogen (secondary N) is 1. The van der Waals surface area contributed by atoms with Crippen molar-refractivity contribution < 1.29 is 9.59 Å². The zero-order valence-electron chi connectivity index (χ0n) is 9.72. The number of aromatic nitrogens is 1. The average Bonchev–Trinajstić information content (AvgIpc) is 2.71. The second-order valence-electron chi connectivity index (χ2n) is 3.97. The molecular weight excluding hydrogens is 218 g/mol. The lowest BCUT2D eigenvalue weighted by Gasteiger charge is -2.14. The van der Waals surface area contributed by atoms with Gasteiger partial charge in [0.25, 0.3) is 5.91 Å². The van der Waals surface area contributed by atoms with Crippen LogP contribution in [0.2, 0.25) is 0 Å². The molecule has 1 aromatic heterocycles. The van der Waals surface area contributed by atoms with Crippen LogP contribution in [0.4, 0.5) is 0 Å². The van der Waals surface area contributed by atoms with Crippen LogP contribution >= 0.6 is 0 Å². The minimum absolute atomic E-state index is 0.00439. The molecule has 0 radical (unpaired) electrons. The van der Waals surface area contributed by atoms with Crippen LogP contribution in [0, 0.1) is 0 Å². The molecule has 0 aromatic carbocycles. The van der Waals surface area contributed by atoms with Crippen LogP contribution in [0.3, 0.4) is 0 Å². The maximum Gasteiger partial charge on any atom is 0.253 e. The first kappa shape index (κ1) is 11.6. The maximum absolute atomic E-state index is 11.8. The summed E-state index contributed by atoms with van der Waals surface area (Å²) in [4.78, 5) is 29.2. The van der Waals surface area contributed by atoms with Crippen molar-refractivity contribution in [1.29, 1.82) is 0 Å². The second kappa shape index (κ2) is 4.95. The third kappa shape index (κ3) is 2.43. The Hall–Kier alpha value is -1.91. The maximum atomic E-state index is 11.8. The van der Waals surface area contributed by atoms with E-state index >= 15 is 0 Å². The molecule has 1 aliphatic heterocycles. The molecule has 2 heterocycles. The number of hydrogen-bond acceptors (Lipinski definition) is 3. The van der Waals surface area contributed by atoms with Crippen LogP contribution < -0.4 is 5.32 Å². The summed E-state index contributed by atoms with van der Waals surface area (Å²) in [5.74, 6) is -0.237. The Bertz CT molecular complexity index is 419. The molecule has 0 bridgehead atoms. The van der Waals surface area contributed by atoms with Gasteiger partial charge in [0.1, 0.15) is 6.04 Å². The van der Waals surface area contributed by atoms with E-state index in [1.165, 1.54) is 6.20 Å². The van der Waals surface area contributed by atoms with Gasteiger partial charge in [-0.1, -0.05) is 0 Å². The van der Waals surface area contributed by atoms with E-state index in [-0.39, 0.29) is 17.9 Å². The van der Waals surface area contributed by atoms with Gasteiger partial charge >= 0.3 is 0 Å². The molecule has 1 atom stereocenters. The zero-order valence-corrected chi connectivity index (χ0v) is 9.72. The van der Waals surface area contributed by atoms with Gasteiger partial charge in [-0.25, -0.2) is 0 Å². The van der Waals surface area contributed by atoms with Crippen molar-refractivity contribution in [3.63, 3.8) is 0 Å². The number of carbonyl (C=O) groups excluding carboxylic acids is 2. The lowest BCUT2D eigenvalue weighted by Crippen LogP contribution is -2.41. The van der Waals surface area contributed by atoms with Crippen LogP contribution in [0.25, 0.3) is 0 Å². The fraction of sp³-hybridized carbons (Fsp3) is 0.417. The van der Waals surface area contributed by atoms with Crippen molar-refractivity contribution in [3.05, 3.63) is 30.1 Å². The Balaban J connectivity index is 1.99. The Labute approximate surface area is 99.8 Å². The van der Waals surface area contributed by atoms with Gasteiger partial charge in [0.2, 0.25) is 5.91 Å². The first-order valence-electron chi connectivity index (χ1n) is 5.72. The van der Waals surface area contributed by atoms with E-state index in [0.29, 0.717) is 25.1 Å². The number of likely N-dealkylation sites (N-methyl/N-ethyl adjacent to an activating group) is 1. The van der Waals surface area contributed by atoms with E-state index in [1.54, 1.807) is 23.2 Å². The summed E-state index contributed by atoms with van der Waals surface area (Å²) in [6.45, 7) is 3.34. The van der Waals surface area contributed by atoms with Gasteiger partial charge in [-0.05, 0) is 25.5 Å². The van der Waals surface area contributed by atoms with E-state index in [4.69, 9.17) is 0 Å². The lowest BCUT2D eigenvalue weighted by atomic mass is 10.2. The summed E-state index contributed by atoms with van der Waals surface area (Å²) in [5, 5.41) is 2.74. The van der Waals surface area contributed by atoms with Gasteiger partial charge in [0, 0.05) is 25.5 Å². The van der Waals surface area contributed by atoms with Crippen LogP contribution in [0.5, 0.6) is 0 Å². The molecule has 1 N–H and O–H groups in total. The van der Waals surface area contributed by atoms with E-state index in [2.05, 4.69) is 10.3 Å². The smallest absolute Gasteiger partial charge is 0.253 e. The highest BCUT2D eigenvalue weighted by molar-refractivity contribution is 5.97. The van der Waals surface area contributed by atoms with Crippen molar-refractivity contribution >= 4 is 11.8 Å². The fourth-order valence-electron chi connectivity index (χ4n) is 1.93. The van der Waals surface area contributed by atoms with Crippen molar-refractivity contribution in [2.75, 3.05) is 13.1 Å². The number of amides is 2. The number of pyridine rings is 1. The number of likely N-dealkylation sites (tertiary alicyclic amines) is 1. The summed E-state index contributed by atoms with van der Waals surface area (Å²) < 4.78 is 0. The van der Waals surface area contributed by atoms with Crippen molar-refractivity contribution in [1.82, 2.24) is 15.2 Å². The molecule has 0 aliphatic carbocycles. The third-order valence-corrected chi connectivity index (χ3v) is 2.91. The third-order valence-electron chi connectivity index (χ3n) is 2.91. The predicted molar refractivity (Wildman–Crippen MR) is 62.4 cm³/mol. The monoisotopic (exact) mass is 233 g/mol. The molecule has 5 nitrogen and oxygen atoms in total. The van der Waals surface area contributed by atoms with E-state index < -0.39 is 0 Å². The standard InChI is InChI=1S/C12H15N3O2/c1-2-15-7-5-10(12(15)17)14-11(16)9-4-3-6-13-8-9/h3-4,6,8,10H,2,5,7H2,1H3,(H,14,16)/t10-/m1/s1. The summed E-state index contributed by atoms with van der Waals surface area (Å²) >= 11 is 0. The molecule has 0 spiro atoms. The summed E-state index contributed by atoms with van der Waals surface area (Å²) in [5.41, 5.74) is 0.482. The SMILES string of the molecule is CCN1CC[C@@H](NC(=O)c2cccnc2)C1=O. The fourth-order valence-corrected chi connectivity index (χ4v) is 1.93. The Morgan fingerprint density at radius 1 is 1.65 bits per heavy atom. The molecule has 1 saturated heterocycles. The number of nitrogens with zero attached hydrogens (tertiary/aromatic N) is 2. The van der Waals surface area contributed by atoms with Gasteiger partial charge in [-0.3, -0.25) is 14.6 Å². The summed E-state index contributed by atoms with van der Waals surface area (Å²) in [6, 6.07) is 2.99. The van der Waals surface area contributed by atoms with E-state index in [1.807, 2.05) is 6.92 Å². The number of hydrogen-bond donors (Lipinski definition) is 1. The lowest BCUT2D eigenvalue weighted by molar-refractivity contribution is -0.129. The predicted octanol–water partition coefficient (Wildman–Crippen LogP) is 0.432. The largest absolute Gasteiger partial charge is 0.341 e. The molecule has 1 aliphatic rings. The molecule has 90 valence electrons. The molecular formula is C12H15N3O2. The van der Waals surface area contributed by atoms with Crippen LogP contribution in [0.15, 0.2) is 24.5 Å². The highest BCUT2D eigenvalue weighted by atomic mass is 16.2. The summed E-state index contributed by atoms with van der Waals surface area (Å²) in [6.07, 6.45) is 3.78. The molecule has 0 saturated carbocycles. The van der Waals surface area contributed by atoms with Crippen molar-refractivity contribution in [2.45, 2.75) is 19.4 Å². The Morgan fingerprint density at radius 3 is 3.06 bits per heavy atom. The minimum atomic E-state index is -0.386. The highest BCUT2D eigenvalue weighted by Gasteiger charge is 2.31. The topological polar surface area (TPSA) is 62.3 Å². The zero-order chi connectivity index (χ0) is 12.3. The van der Waals surface area contributed by atoms with Crippen LogP contribution in [-0.2, 0) is 4.79 Å². The van der Waals surface area contributed by atoms with E-state index in [9.17, 15) is 9.59 Å². The summed E-state index contributed by atoms with van der Waals surface area (Å²) in [7, 11) is 0. The first-order valence-corrected chi connectivity index (χ1v) is 5.72. The Morgan fingerprint density at radius 2 is 2.47 bits per heavy atom. The molecule has 1 aromatic rings. The molecule has 2 rings (SSSR count). The van der Waals surface area contributed by atoms with Gasteiger partial charge in [-0.2, -0.15) is 0 Å². The van der Waals surface area contributed by atoms with Crippen molar-refractivity contribution in [2.24, 2.45) is 0 Å². The van der Waals surface area contributed by atoms with Crippen LogP contribution in [-0.4, -0.2) is 40.8 Å². The second-order valence-corrected chi connectivity index (χ2v) is 3.97. The number of rotatable bonds is 3.